The number of benzene rings is 1. The topological polar surface area (TPSA) is 72.9 Å². The quantitative estimate of drug-likeness (QED) is 0.551. The molecule has 3 atom stereocenters. The van der Waals surface area contributed by atoms with Gasteiger partial charge in [-0.15, -0.1) is 0 Å². The molecule has 24 heavy (non-hydrogen) atoms. The van der Waals surface area contributed by atoms with Crippen molar-refractivity contribution in [1.29, 1.82) is 0 Å². The van der Waals surface area contributed by atoms with E-state index in [9.17, 15) is 13.2 Å². The van der Waals surface area contributed by atoms with E-state index in [-0.39, 0.29) is 11.4 Å². The zero-order chi connectivity index (χ0) is 18.1. The zero-order valence-corrected chi connectivity index (χ0v) is 16.6. The number of hydrogen-bond donors (Lipinski definition) is 0. The smallest absolute Gasteiger partial charge is 0.326 e. The van der Waals surface area contributed by atoms with Crippen molar-refractivity contribution in [3.05, 3.63) is 29.8 Å². The number of ether oxygens (including phenoxy) is 2. The van der Waals surface area contributed by atoms with Crippen LogP contribution in [0, 0.1) is 6.92 Å². The predicted molar refractivity (Wildman–Crippen MR) is 93.6 cm³/mol. The van der Waals surface area contributed by atoms with Gasteiger partial charge in [-0.1, -0.05) is 33.6 Å². The first-order valence-electron chi connectivity index (χ1n) is 7.55. The first kappa shape index (κ1) is 19.4. The van der Waals surface area contributed by atoms with Gasteiger partial charge in [-0.05, 0) is 32.9 Å². The summed E-state index contributed by atoms with van der Waals surface area (Å²) < 4.78 is 38.1. The van der Waals surface area contributed by atoms with Crippen LogP contribution in [0.4, 0.5) is 0 Å². The molecule has 0 aliphatic carbocycles. The lowest BCUT2D eigenvalue weighted by Gasteiger charge is -2.45. The minimum Gasteiger partial charge on any atom is -0.468 e. The molecule has 1 fully saturated rings. The zero-order valence-electron chi connectivity index (χ0n) is 14.2. The van der Waals surface area contributed by atoms with Crippen LogP contribution in [0.5, 0.6) is 0 Å². The summed E-state index contributed by atoms with van der Waals surface area (Å²) in [5.41, 5.74) is 0.223. The van der Waals surface area contributed by atoms with Crippen LogP contribution in [0.25, 0.3) is 0 Å². The summed E-state index contributed by atoms with van der Waals surface area (Å²) in [6.45, 7) is 5.42. The van der Waals surface area contributed by atoms with Crippen LogP contribution in [-0.2, 0) is 24.3 Å². The van der Waals surface area contributed by atoms with Crippen LogP contribution in [0.1, 0.15) is 19.4 Å². The summed E-state index contributed by atoms with van der Waals surface area (Å²) in [4.78, 5) is 12.3. The van der Waals surface area contributed by atoms with Crippen molar-refractivity contribution in [1.82, 2.24) is 4.31 Å². The van der Waals surface area contributed by atoms with Gasteiger partial charge >= 0.3 is 5.97 Å². The Hall–Kier alpha value is -0.960. The summed E-state index contributed by atoms with van der Waals surface area (Å²) in [6, 6.07) is 5.53. The van der Waals surface area contributed by atoms with Crippen molar-refractivity contribution in [2.24, 2.45) is 0 Å². The van der Waals surface area contributed by atoms with Crippen LogP contribution in [0.15, 0.2) is 29.2 Å². The molecule has 134 valence electrons. The highest BCUT2D eigenvalue weighted by Crippen LogP contribution is 2.32. The van der Waals surface area contributed by atoms with Gasteiger partial charge in [0.15, 0.2) is 0 Å². The lowest BCUT2D eigenvalue weighted by molar-refractivity contribution is -0.170. The van der Waals surface area contributed by atoms with Crippen LogP contribution in [0.3, 0.4) is 0 Å². The van der Waals surface area contributed by atoms with E-state index in [2.05, 4.69) is 15.9 Å². The number of hydrogen-bond acceptors (Lipinski definition) is 5. The van der Waals surface area contributed by atoms with Crippen molar-refractivity contribution in [3.63, 3.8) is 0 Å². The molecule has 1 aromatic rings. The van der Waals surface area contributed by atoms with E-state index in [1.165, 1.54) is 11.4 Å². The van der Waals surface area contributed by atoms with Crippen molar-refractivity contribution < 1.29 is 22.7 Å². The molecular formula is C16H22BrNO5S. The third-order valence-electron chi connectivity index (χ3n) is 4.07. The second-order valence-electron chi connectivity index (χ2n) is 6.24. The molecule has 1 heterocycles. The maximum atomic E-state index is 13.1. The molecule has 0 unspecified atom stereocenters. The van der Waals surface area contributed by atoms with E-state index >= 15 is 0 Å². The number of morpholine rings is 1. The SMILES string of the molecule is COC(=O)[C@@H]1[C@@H](C)O[C@@](C)(CBr)CN1S(=O)(=O)c1ccc(C)cc1. The molecule has 0 bridgehead atoms. The Kier molecular flexibility index (Phi) is 5.74. The van der Waals surface area contributed by atoms with Gasteiger partial charge in [0.2, 0.25) is 10.0 Å². The summed E-state index contributed by atoms with van der Waals surface area (Å²) >= 11 is 3.37. The molecule has 0 spiro atoms. The van der Waals surface area contributed by atoms with Gasteiger partial charge in [0.05, 0.1) is 23.7 Å². The van der Waals surface area contributed by atoms with Crippen LogP contribution >= 0.6 is 15.9 Å². The number of aryl methyl sites for hydroxylation is 1. The molecule has 0 N–H and O–H groups in total. The van der Waals surface area contributed by atoms with Crippen molar-refractivity contribution in [2.45, 2.75) is 43.4 Å². The molecule has 1 aliphatic heterocycles. The Bertz CT molecular complexity index is 706. The number of esters is 1. The van der Waals surface area contributed by atoms with Gasteiger partial charge in [-0.2, -0.15) is 4.31 Å². The van der Waals surface area contributed by atoms with Gasteiger partial charge in [-0.25, -0.2) is 8.42 Å². The standard InChI is InChI=1S/C16H22BrNO5S/c1-11-5-7-13(8-6-11)24(20,21)18-10-16(3,9-17)23-12(2)14(18)15(19)22-4/h5-8,12,14H,9-10H2,1-4H3/t12-,14+,16+/m1/s1. The molecule has 1 aliphatic rings. The van der Waals surface area contributed by atoms with Crippen LogP contribution in [0.2, 0.25) is 0 Å². The average Bonchev–Trinajstić information content (AvgIpc) is 2.54. The fourth-order valence-electron chi connectivity index (χ4n) is 2.80. The van der Waals surface area contributed by atoms with E-state index in [0.717, 1.165) is 5.56 Å². The van der Waals surface area contributed by atoms with E-state index in [1.807, 2.05) is 13.8 Å². The lowest BCUT2D eigenvalue weighted by Crippen LogP contribution is -2.63. The lowest BCUT2D eigenvalue weighted by atomic mass is 10.0. The Morgan fingerprint density at radius 2 is 2.00 bits per heavy atom. The highest BCUT2D eigenvalue weighted by Gasteiger charge is 2.49. The first-order valence-corrected chi connectivity index (χ1v) is 10.1. The summed E-state index contributed by atoms with van der Waals surface area (Å²) in [5, 5.41) is 0.443. The molecule has 0 saturated carbocycles. The van der Waals surface area contributed by atoms with Gasteiger partial charge < -0.3 is 9.47 Å². The fourth-order valence-corrected chi connectivity index (χ4v) is 4.86. The summed E-state index contributed by atoms with van der Waals surface area (Å²) in [6.07, 6.45) is -0.631. The number of sulfonamides is 1. The minimum atomic E-state index is -3.87. The molecule has 0 amide bonds. The number of nitrogens with zero attached hydrogens (tertiary/aromatic N) is 1. The molecule has 6 nitrogen and oxygen atoms in total. The molecule has 0 radical (unpaired) electrons. The Balaban J connectivity index is 2.51. The number of rotatable bonds is 4. The number of methoxy groups -OCH3 is 1. The third kappa shape index (κ3) is 3.66. The minimum absolute atomic E-state index is 0.0541. The second kappa shape index (κ2) is 7.11. The van der Waals surface area contributed by atoms with E-state index in [0.29, 0.717) is 5.33 Å². The number of carbonyl (C=O) groups is 1. The highest BCUT2D eigenvalue weighted by atomic mass is 79.9. The van der Waals surface area contributed by atoms with Gasteiger partial charge in [0.25, 0.3) is 0 Å². The van der Waals surface area contributed by atoms with Gasteiger partial charge in [-0.3, -0.25) is 4.79 Å². The monoisotopic (exact) mass is 419 g/mol. The summed E-state index contributed by atoms with van der Waals surface area (Å²) in [7, 11) is -2.63. The molecule has 0 aromatic heterocycles. The van der Waals surface area contributed by atoms with E-state index < -0.39 is 33.7 Å². The molecular weight excluding hydrogens is 398 g/mol. The van der Waals surface area contributed by atoms with Gasteiger partial charge in [0.1, 0.15) is 6.04 Å². The fraction of sp³-hybridized carbons (Fsp3) is 0.562. The normalized spacial score (nSPS) is 28.5. The maximum absolute atomic E-state index is 13.1. The Labute approximate surface area is 151 Å². The molecule has 8 heteroatoms. The maximum Gasteiger partial charge on any atom is 0.326 e. The molecule has 2 rings (SSSR count). The predicted octanol–water partition coefficient (Wildman–Crippen LogP) is 2.10. The summed E-state index contributed by atoms with van der Waals surface area (Å²) in [5.74, 6) is -0.630. The first-order chi connectivity index (χ1) is 11.1. The second-order valence-corrected chi connectivity index (χ2v) is 8.69. The van der Waals surface area contributed by atoms with Crippen LogP contribution in [-0.4, -0.2) is 55.4 Å². The molecule has 1 saturated heterocycles. The Morgan fingerprint density at radius 3 is 2.50 bits per heavy atom. The average molecular weight is 420 g/mol. The Morgan fingerprint density at radius 1 is 1.42 bits per heavy atom. The largest absolute Gasteiger partial charge is 0.468 e. The van der Waals surface area contributed by atoms with Gasteiger partial charge in [0, 0.05) is 11.9 Å². The number of alkyl halides is 1. The number of carbonyl (C=O) groups excluding carboxylic acids is 1. The number of halogens is 1. The van der Waals surface area contributed by atoms with Crippen LogP contribution < -0.4 is 0 Å². The highest BCUT2D eigenvalue weighted by molar-refractivity contribution is 9.09. The van der Waals surface area contributed by atoms with Crippen molar-refractivity contribution in [3.8, 4) is 0 Å². The van der Waals surface area contributed by atoms with E-state index in [4.69, 9.17) is 9.47 Å². The molecule has 1 aromatic carbocycles. The van der Waals surface area contributed by atoms with E-state index in [1.54, 1.807) is 31.2 Å². The third-order valence-corrected chi connectivity index (χ3v) is 7.10. The van der Waals surface area contributed by atoms with Crippen molar-refractivity contribution in [2.75, 3.05) is 19.0 Å². The van der Waals surface area contributed by atoms with Crippen molar-refractivity contribution >= 4 is 31.9 Å².